The number of carbonyl (C=O) groups excluding carboxylic acids is 2. The Morgan fingerprint density at radius 1 is 0.846 bits per heavy atom. The maximum atomic E-state index is 11.9. The molecule has 2 amide bonds. The summed E-state index contributed by atoms with van der Waals surface area (Å²) >= 11 is 0. The third-order valence-electron chi connectivity index (χ3n) is 3.58. The third kappa shape index (κ3) is 6.02. The predicted octanol–water partition coefficient (Wildman–Crippen LogP) is -0.845. The highest BCUT2D eigenvalue weighted by molar-refractivity contribution is 5.92. The van der Waals surface area contributed by atoms with Crippen molar-refractivity contribution in [2.24, 2.45) is 0 Å². The molecular weight excluding hydrogens is 338 g/mol. The molecule has 0 bridgehead atoms. The number of nitrogens with zero attached hydrogens (tertiary/aromatic N) is 1. The number of nitrogens with one attached hydrogen (secondary N) is 4. The van der Waals surface area contributed by atoms with Gasteiger partial charge in [0.2, 0.25) is 11.1 Å². The fraction of sp³-hybridized carbons (Fsp3) is 0.294. The first-order valence-electron chi connectivity index (χ1n) is 8.09. The van der Waals surface area contributed by atoms with Gasteiger partial charge in [0, 0.05) is 38.3 Å². The number of carbonyl (C=O) groups is 2. The van der Waals surface area contributed by atoms with E-state index < -0.39 is 0 Å². The lowest BCUT2D eigenvalue weighted by Gasteiger charge is -2.17. The molecule has 0 fully saturated rings. The molecule has 9 nitrogen and oxygen atoms in total. The minimum atomic E-state index is -0.350. The summed E-state index contributed by atoms with van der Waals surface area (Å²) in [5.41, 5.74) is -0.232. The van der Waals surface area contributed by atoms with Crippen LogP contribution in [-0.2, 0) is 0 Å². The fourth-order valence-corrected chi connectivity index (χ4v) is 2.18. The van der Waals surface area contributed by atoms with Crippen LogP contribution in [0.3, 0.4) is 0 Å². The maximum absolute atomic E-state index is 11.9. The molecule has 2 rings (SSSR count). The first-order chi connectivity index (χ1) is 12.5. The molecular formula is C17H21N5O4. The van der Waals surface area contributed by atoms with Crippen LogP contribution in [0.25, 0.3) is 0 Å². The van der Waals surface area contributed by atoms with Crippen LogP contribution in [-0.4, -0.2) is 59.9 Å². The quantitative estimate of drug-likeness (QED) is 0.488. The van der Waals surface area contributed by atoms with Crippen LogP contribution in [0.2, 0.25) is 0 Å². The van der Waals surface area contributed by atoms with E-state index in [1.807, 2.05) is 11.9 Å². The van der Waals surface area contributed by atoms with Gasteiger partial charge < -0.3 is 25.5 Å². The standard InChI is InChI=1S/C17H21N5O4/c1-22(10-8-18-16(25)12-4-2-6-14(23)20-12)11-9-19-17(26)13-5-3-7-15(24)21-13/h2-7H,8-11H2,1H3,(H,18,25)(H,19,26)(H,20,23)(H,21,24). The van der Waals surface area contributed by atoms with E-state index in [0.717, 1.165) is 0 Å². The van der Waals surface area contributed by atoms with Gasteiger partial charge in [0.25, 0.3) is 11.8 Å². The van der Waals surface area contributed by atoms with Crippen LogP contribution in [0, 0.1) is 0 Å². The van der Waals surface area contributed by atoms with Crippen molar-refractivity contribution in [3.63, 3.8) is 0 Å². The van der Waals surface area contributed by atoms with Gasteiger partial charge in [-0.1, -0.05) is 12.1 Å². The van der Waals surface area contributed by atoms with Crippen molar-refractivity contribution in [3.05, 3.63) is 68.5 Å². The molecule has 0 saturated carbocycles. The van der Waals surface area contributed by atoms with Gasteiger partial charge in [0.05, 0.1) is 0 Å². The van der Waals surface area contributed by atoms with Gasteiger partial charge in [-0.05, 0) is 19.2 Å². The molecule has 0 radical (unpaired) electrons. The lowest BCUT2D eigenvalue weighted by atomic mass is 10.3. The summed E-state index contributed by atoms with van der Waals surface area (Å²) in [5, 5.41) is 5.42. The zero-order valence-corrected chi connectivity index (χ0v) is 14.4. The van der Waals surface area contributed by atoms with Crippen molar-refractivity contribution >= 4 is 11.8 Å². The Bertz CT molecular complexity index is 802. The Morgan fingerprint density at radius 3 is 1.65 bits per heavy atom. The van der Waals surface area contributed by atoms with Crippen molar-refractivity contribution in [1.82, 2.24) is 25.5 Å². The van der Waals surface area contributed by atoms with Crippen LogP contribution in [0.1, 0.15) is 21.0 Å². The number of hydrogen-bond acceptors (Lipinski definition) is 5. The van der Waals surface area contributed by atoms with Crippen molar-refractivity contribution in [3.8, 4) is 0 Å². The van der Waals surface area contributed by atoms with E-state index in [1.54, 1.807) is 0 Å². The zero-order valence-electron chi connectivity index (χ0n) is 14.4. The summed E-state index contributed by atoms with van der Waals surface area (Å²) in [6, 6.07) is 8.77. The molecule has 0 atom stereocenters. The molecule has 4 N–H and O–H groups in total. The predicted molar refractivity (Wildman–Crippen MR) is 96.3 cm³/mol. The van der Waals surface area contributed by atoms with Gasteiger partial charge in [-0.25, -0.2) is 0 Å². The molecule has 9 heteroatoms. The highest BCUT2D eigenvalue weighted by atomic mass is 16.2. The number of hydrogen-bond donors (Lipinski definition) is 4. The second-order valence-corrected chi connectivity index (χ2v) is 5.67. The van der Waals surface area contributed by atoms with Crippen molar-refractivity contribution < 1.29 is 9.59 Å². The Labute approximate surface area is 149 Å². The topological polar surface area (TPSA) is 127 Å². The number of likely N-dealkylation sites (N-methyl/N-ethyl adjacent to an activating group) is 1. The number of H-pyrrole nitrogens is 2. The number of amides is 2. The van der Waals surface area contributed by atoms with Gasteiger partial charge in [-0.15, -0.1) is 0 Å². The summed E-state index contributed by atoms with van der Waals surface area (Å²) in [5.74, 6) is -0.699. The Morgan fingerprint density at radius 2 is 1.27 bits per heavy atom. The third-order valence-corrected chi connectivity index (χ3v) is 3.58. The maximum Gasteiger partial charge on any atom is 0.267 e. The molecule has 2 aromatic heterocycles. The average molecular weight is 359 g/mol. The van der Waals surface area contributed by atoms with Crippen LogP contribution in [0.5, 0.6) is 0 Å². The lowest BCUT2D eigenvalue weighted by molar-refractivity contribution is 0.0943. The summed E-state index contributed by atoms with van der Waals surface area (Å²) < 4.78 is 0. The number of aromatic amines is 2. The largest absolute Gasteiger partial charge is 0.349 e. The SMILES string of the molecule is CN(CCNC(=O)c1cccc(=O)[nH]1)CCNC(=O)c1cccc(=O)[nH]1. The molecule has 0 unspecified atom stereocenters. The van der Waals surface area contributed by atoms with Crippen LogP contribution >= 0.6 is 0 Å². The normalized spacial score (nSPS) is 10.5. The van der Waals surface area contributed by atoms with E-state index in [1.165, 1.54) is 36.4 Å². The number of aromatic nitrogens is 2. The van der Waals surface area contributed by atoms with Gasteiger partial charge in [-0.3, -0.25) is 19.2 Å². The van der Waals surface area contributed by atoms with Gasteiger partial charge in [0.15, 0.2) is 0 Å². The minimum absolute atomic E-state index is 0.212. The van der Waals surface area contributed by atoms with Crippen LogP contribution < -0.4 is 21.8 Å². The lowest BCUT2D eigenvalue weighted by Crippen LogP contribution is -2.38. The highest BCUT2D eigenvalue weighted by Crippen LogP contribution is 1.91. The van der Waals surface area contributed by atoms with E-state index in [0.29, 0.717) is 26.2 Å². The molecule has 0 saturated heterocycles. The Balaban J connectivity index is 1.66. The molecule has 2 aromatic rings. The Hall–Kier alpha value is -3.20. The van der Waals surface area contributed by atoms with Gasteiger partial charge in [0.1, 0.15) is 11.4 Å². The monoisotopic (exact) mass is 359 g/mol. The summed E-state index contributed by atoms with van der Waals surface area (Å²) in [4.78, 5) is 53.0. The molecule has 0 aliphatic rings. The first kappa shape index (κ1) is 19.1. The van der Waals surface area contributed by atoms with E-state index >= 15 is 0 Å². The van der Waals surface area contributed by atoms with Gasteiger partial charge >= 0.3 is 0 Å². The first-order valence-corrected chi connectivity index (χ1v) is 8.09. The fourth-order valence-electron chi connectivity index (χ4n) is 2.18. The molecule has 26 heavy (non-hydrogen) atoms. The van der Waals surface area contributed by atoms with Crippen molar-refractivity contribution in [2.45, 2.75) is 0 Å². The number of rotatable bonds is 8. The average Bonchev–Trinajstić information content (AvgIpc) is 2.61. The summed E-state index contributed by atoms with van der Waals surface area (Å²) in [6.45, 7) is 1.93. The molecule has 0 aromatic carbocycles. The zero-order chi connectivity index (χ0) is 18.9. The second kappa shape index (κ2) is 9.33. The van der Waals surface area contributed by atoms with E-state index in [4.69, 9.17) is 0 Å². The van der Waals surface area contributed by atoms with E-state index in [9.17, 15) is 19.2 Å². The molecule has 0 aliphatic carbocycles. The van der Waals surface area contributed by atoms with Crippen molar-refractivity contribution in [2.75, 3.05) is 33.2 Å². The Kier molecular flexibility index (Phi) is 6.86. The summed E-state index contributed by atoms with van der Waals surface area (Å²) in [7, 11) is 1.85. The molecule has 2 heterocycles. The van der Waals surface area contributed by atoms with Crippen molar-refractivity contribution in [1.29, 1.82) is 0 Å². The second-order valence-electron chi connectivity index (χ2n) is 5.67. The van der Waals surface area contributed by atoms with Gasteiger partial charge in [-0.2, -0.15) is 0 Å². The summed E-state index contributed by atoms with van der Waals surface area (Å²) in [6.07, 6.45) is 0. The van der Waals surface area contributed by atoms with Crippen LogP contribution in [0.4, 0.5) is 0 Å². The van der Waals surface area contributed by atoms with E-state index in [2.05, 4.69) is 20.6 Å². The minimum Gasteiger partial charge on any atom is -0.349 e. The highest BCUT2D eigenvalue weighted by Gasteiger charge is 2.08. The van der Waals surface area contributed by atoms with E-state index in [-0.39, 0.29) is 34.3 Å². The van der Waals surface area contributed by atoms with Crippen LogP contribution in [0.15, 0.2) is 46.0 Å². The molecule has 0 spiro atoms. The smallest absolute Gasteiger partial charge is 0.267 e. The molecule has 138 valence electrons. The molecule has 0 aliphatic heterocycles. The number of pyridine rings is 2.